The lowest BCUT2D eigenvalue weighted by Crippen LogP contribution is -2.29. The summed E-state index contributed by atoms with van der Waals surface area (Å²) in [6, 6.07) is 10.8. The largest absolute Gasteiger partial charge is 0.316 e. The quantitative estimate of drug-likeness (QED) is 0.769. The van der Waals surface area contributed by atoms with Crippen molar-refractivity contribution in [2.75, 3.05) is 30.3 Å². The van der Waals surface area contributed by atoms with Crippen molar-refractivity contribution >= 4 is 23.5 Å². The third-order valence-corrected chi connectivity index (χ3v) is 6.01. The molecule has 0 radical (unpaired) electrons. The average Bonchev–Trinajstić information content (AvgIpc) is 2.45. The van der Waals surface area contributed by atoms with E-state index in [-0.39, 0.29) is 0 Å². The van der Waals surface area contributed by atoms with Gasteiger partial charge in [-0.05, 0) is 31.4 Å². The molecule has 0 aromatic heterocycles. The van der Waals surface area contributed by atoms with Crippen molar-refractivity contribution in [3.63, 3.8) is 0 Å². The van der Waals surface area contributed by atoms with Crippen LogP contribution in [0.2, 0.25) is 0 Å². The molecule has 1 aromatic rings. The topological polar surface area (TPSA) is 12.0 Å². The molecule has 1 fully saturated rings. The first-order valence-corrected chi connectivity index (χ1v) is 9.09. The molecule has 100 valence electrons. The van der Waals surface area contributed by atoms with Crippen LogP contribution in [-0.4, -0.2) is 35.6 Å². The second kappa shape index (κ2) is 8.89. The minimum atomic E-state index is 0.845. The molecule has 3 heteroatoms. The Morgan fingerprint density at radius 2 is 2.00 bits per heavy atom. The average molecular weight is 281 g/mol. The van der Waals surface area contributed by atoms with Crippen molar-refractivity contribution < 1.29 is 0 Å². The molecule has 1 nitrogen and oxygen atoms in total. The van der Waals surface area contributed by atoms with E-state index in [1.54, 1.807) is 0 Å². The maximum atomic E-state index is 3.61. The lowest BCUT2D eigenvalue weighted by molar-refractivity contribution is 0.622. The Labute approximate surface area is 120 Å². The standard InChI is InChI=1S/C15H23NS2/c1-2-6-14(7-3-1)8-4-5-9-16-12-15-13-17-10-11-18-15/h1-3,6-7,15-16H,4-5,8-13H2. The van der Waals surface area contributed by atoms with E-state index >= 15 is 0 Å². The zero-order chi connectivity index (χ0) is 12.5. The fourth-order valence-electron chi connectivity index (χ4n) is 2.14. The maximum Gasteiger partial charge on any atom is 0.0263 e. The predicted octanol–water partition coefficient (Wildman–Crippen LogP) is 3.45. The van der Waals surface area contributed by atoms with E-state index in [2.05, 4.69) is 59.2 Å². The summed E-state index contributed by atoms with van der Waals surface area (Å²) in [4.78, 5) is 0. The van der Waals surface area contributed by atoms with Gasteiger partial charge in [-0.1, -0.05) is 30.3 Å². The third kappa shape index (κ3) is 5.68. The molecular formula is C15H23NS2. The van der Waals surface area contributed by atoms with Crippen LogP contribution in [0.5, 0.6) is 0 Å². The molecule has 0 saturated carbocycles. The van der Waals surface area contributed by atoms with E-state index < -0.39 is 0 Å². The van der Waals surface area contributed by atoms with Crippen molar-refractivity contribution in [2.45, 2.75) is 24.5 Å². The minimum absolute atomic E-state index is 0.845. The molecule has 1 heterocycles. The van der Waals surface area contributed by atoms with Crippen LogP contribution in [0.3, 0.4) is 0 Å². The van der Waals surface area contributed by atoms with Gasteiger partial charge in [-0.2, -0.15) is 23.5 Å². The van der Waals surface area contributed by atoms with E-state index in [1.165, 1.54) is 55.2 Å². The highest BCUT2D eigenvalue weighted by atomic mass is 32.2. The first kappa shape index (κ1) is 14.3. The highest BCUT2D eigenvalue weighted by molar-refractivity contribution is 8.06. The number of unbranched alkanes of at least 4 members (excludes halogenated alkanes) is 1. The Hall–Kier alpha value is -0.120. The predicted molar refractivity (Wildman–Crippen MR) is 85.8 cm³/mol. The highest BCUT2D eigenvalue weighted by Crippen LogP contribution is 2.23. The summed E-state index contributed by atoms with van der Waals surface area (Å²) in [5.74, 6) is 4.02. The van der Waals surface area contributed by atoms with Gasteiger partial charge in [-0.15, -0.1) is 0 Å². The minimum Gasteiger partial charge on any atom is -0.316 e. The van der Waals surface area contributed by atoms with E-state index in [1.807, 2.05) is 0 Å². The van der Waals surface area contributed by atoms with E-state index in [4.69, 9.17) is 0 Å². The van der Waals surface area contributed by atoms with Crippen LogP contribution in [0.15, 0.2) is 30.3 Å². The van der Waals surface area contributed by atoms with Crippen LogP contribution in [0.1, 0.15) is 18.4 Å². The lowest BCUT2D eigenvalue weighted by atomic mass is 10.1. The first-order valence-electron chi connectivity index (χ1n) is 6.89. The smallest absolute Gasteiger partial charge is 0.0263 e. The van der Waals surface area contributed by atoms with E-state index in [9.17, 15) is 0 Å². The van der Waals surface area contributed by atoms with Crippen LogP contribution in [0.25, 0.3) is 0 Å². The summed E-state index contributed by atoms with van der Waals surface area (Å²) in [6.45, 7) is 2.37. The van der Waals surface area contributed by atoms with Crippen molar-refractivity contribution in [2.24, 2.45) is 0 Å². The Morgan fingerprint density at radius 3 is 2.78 bits per heavy atom. The number of nitrogens with one attached hydrogen (secondary N) is 1. The SMILES string of the molecule is c1ccc(CCCCNCC2CSCCS2)cc1. The van der Waals surface area contributed by atoms with Crippen molar-refractivity contribution in [3.8, 4) is 0 Å². The Morgan fingerprint density at radius 1 is 1.11 bits per heavy atom. The van der Waals surface area contributed by atoms with Gasteiger partial charge < -0.3 is 5.32 Å². The number of aryl methyl sites for hydroxylation is 1. The Kier molecular flexibility index (Phi) is 7.06. The molecule has 1 saturated heterocycles. The summed E-state index contributed by atoms with van der Waals surface area (Å²) in [5, 5.41) is 4.45. The zero-order valence-electron chi connectivity index (χ0n) is 10.9. The lowest BCUT2D eigenvalue weighted by Gasteiger charge is -2.21. The summed E-state index contributed by atoms with van der Waals surface area (Å²) in [5.41, 5.74) is 1.47. The number of hydrogen-bond acceptors (Lipinski definition) is 3. The molecule has 18 heavy (non-hydrogen) atoms. The second-order valence-corrected chi connectivity index (χ2v) is 7.27. The molecule has 1 aliphatic rings. The molecule has 1 aliphatic heterocycles. The fourth-order valence-corrected chi connectivity index (χ4v) is 4.79. The van der Waals surface area contributed by atoms with Gasteiger partial charge in [0.15, 0.2) is 0 Å². The van der Waals surface area contributed by atoms with E-state index in [0.717, 1.165) is 5.25 Å². The Balaban J connectivity index is 1.46. The van der Waals surface area contributed by atoms with Crippen LogP contribution >= 0.6 is 23.5 Å². The molecule has 0 amide bonds. The molecule has 2 rings (SSSR count). The van der Waals surface area contributed by atoms with Crippen molar-refractivity contribution in [3.05, 3.63) is 35.9 Å². The van der Waals surface area contributed by atoms with Crippen molar-refractivity contribution in [1.82, 2.24) is 5.32 Å². The third-order valence-electron chi connectivity index (χ3n) is 3.17. The highest BCUT2D eigenvalue weighted by Gasteiger charge is 2.12. The zero-order valence-corrected chi connectivity index (χ0v) is 12.6. The van der Waals surface area contributed by atoms with Crippen LogP contribution in [0, 0.1) is 0 Å². The summed E-state index contributed by atoms with van der Waals surface area (Å²) in [6.07, 6.45) is 3.81. The van der Waals surface area contributed by atoms with Gasteiger partial charge in [0.1, 0.15) is 0 Å². The second-order valence-electron chi connectivity index (χ2n) is 4.71. The first-order chi connectivity index (χ1) is 8.95. The summed E-state index contributed by atoms with van der Waals surface area (Å²) >= 11 is 4.25. The van der Waals surface area contributed by atoms with Gasteiger partial charge in [0.2, 0.25) is 0 Å². The molecule has 1 N–H and O–H groups in total. The molecule has 0 spiro atoms. The fraction of sp³-hybridized carbons (Fsp3) is 0.600. The van der Waals surface area contributed by atoms with Crippen molar-refractivity contribution in [1.29, 1.82) is 0 Å². The molecule has 1 unspecified atom stereocenters. The van der Waals surface area contributed by atoms with Gasteiger partial charge in [0.05, 0.1) is 0 Å². The molecule has 0 bridgehead atoms. The van der Waals surface area contributed by atoms with Crippen LogP contribution < -0.4 is 5.32 Å². The van der Waals surface area contributed by atoms with Gasteiger partial charge in [0.25, 0.3) is 0 Å². The maximum absolute atomic E-state index is 3.61. The molecular weight excluding hydrogens is 258 g/mol. The van der Waals surface area contributed by atoms with Gasteiger partial charge in [-0.25, -0.2) is 0 Å². The summed E-state index contributed by atoms with van der Waals surface area (Å²) < 4.78 is 0. The number of hydrogen-bond donors (Lipinski definition) is 1. The molecule has 1 aromatic carbocycles. The van der Waals surface area contributed by atoms with Crippen LogP contribution in [-0.2, 0) is 6.42 Å². The van der Waals surface area contributed by atoms with Crippen LogP contribution in [0.4, 0.5) is 0 Å². The van der Waals surface area contributed by atoms with Gasteiger partial charge in [0, 0.05) is 29.1 Å². The Bertz CT molecular complexity index is 310. The molecule has 0 aliphatic carbocycles. The normalized spacial score (nSPS) is 19.9. The number of thioether (sulfide) groups is 2. The van der Waals surface area contributed by atoms with Gasteiger partial charge in [-0.3, -0.25) is 0 Å². The number of benzene rings is 1. The van der Waals surface area contributed by atoms with Gasteiger partial charge >= 0.3 is 0 Å². The molecule has 1 atom stereocenters. The summed E-state index contributed by atoms with van der Waals surface area (Å²) in [7, 11) is 0. The monoisotopic (exact) mass is 281 g/mol. The van der Waals surface area contributed by atoms with E-state index in [0.29, 0.717) is 0 Å². The number of rotatable bonds is 7.